The van der Waals surface area contributed by atoms with Crippen LogP contribution in [-0.4, -0.2) is 46.0 Å². The average molecular weight is 524 g/mol. The van der Waals surface area contributed by atoms with Gasteiger partial charge in [0.25, 0.3) is 20.2 Å². The van der Waals surface area contributed by atoms with Crippen molar-refractivity contribution in [1.29, 1.82) is 0 Å². The molecule has 12 nitrogen and oxygen atoms in total. The number of para-hydroxylation sites is 1. The molecule has 0 amide bonds. The first-order chi connectivity index (χ1) is 15.9. The minimum absolute atomic E-state index is 0.0434. The van der Waals surface area contributed by atoms with E-state index in [-0.39, 0.29) is 33.6 Å². The molecular weight excluding hydrogens is 510 g/mol. The van der Waals surface area contributed by atoms with Crippen LogP contribution < -0.4 is 10.6 Å². The van der Waals surface area contributed by atoms with Crippen molar-refractivity contribution in [3.05, 3.63) is 59.9 Å². The van der Waals surface area contributed by atoms with E-state index in [2.05, 4.69) is 25.6 Å². The second-order valence-electron chi connectivity index (χ2n) is 6.83. The molecule has 4 aromatic rings. The molecule has 0 bridgehead atoms. The van der Waals surface area contributed by atoms with E-state index in [4.69, 9.17) is 11.6 Å². The van der Waals surface area contributed by atoms with Crippen molar-refractivity contribution in [2.45, 2.75) is 9.79 Å². The highest BCUT2D eigenvalue weighted by Gasteiger charge is 2.20. The van der Waals surface area contributed by atoms with Crippen LogP contribution in [0.15, 0.2) is 64.4 Å². The van der Waals surface area contributed by atoms with Gasteiger partial charge in [-0.1, -0.05) is 18.2 Å². The molecule has 0 saturated heterocycles. The molecule has 0 radical (unpaired) electrons. The van der Waals surface area contributed by atoms with Crippen LogP contribution in [0.1, 0.15) is 0 Å². The van der Waals surface area contributed by atoms with Crippen molar-refractivity contribution in [2.24, 2.45) is 0 Å². The van der Waals surface area contributed by atoms with Crippen LogP contribution >= 0.6 is 11.6 Å². The van der Waals surface area contributed by atoms with Gasteiger partial charge in [-0.3, -0.25) is 9.11 Å². The lowest BCUT2D eigenvalue weighted by atomic mass is 10.1. The minimum Gasteiger partial charge on any atom is -0.507 e. The Bertz CT molecular complexity index is 1630. The van der Waals surface area contributed by atoms with Gasteiger partial charge >= 0.3 is 0 Å². The van der Waals surface area contributed by atoms with E-state index in [1.54, 1.807) is 24.3 Å². The highest BCUT2D eigenvalue weighted by molar-refractivity contribution is 7.86. The second-order valence-corrected chi connectivity index (χ2v) is 10.0. The minimum atomic E-state index is -4.75. The summed E-state index contributed by atoms with van der Waals surface area (Å²) in [7, 11) is -9.48. The first-order valence-electron chi connectivity index (χ1n) is 9.16. The number of nitrogens with one attached hydrogen (secondary N) is 2. The number of hydrogen-bond donors (Lipinski definition) is 5. The molecule has 3 aromatic carbocycles. The largest absolute Gasteiger partial charge is 0.507 e. The van der Waals surface area contributed by atoms with Crippen molar-refractivity contribution in [3.8, 4) is 5.75 Å². The number of fused-ring (bicyclic) bond motifs is 1. The molecule has 15 heteroatoms. The zero-order valence-corrected chi connectivity index (χ0v) is 19.1. The van der Waals surface area contributed by atoms with E-state index >= 15 is 0 Å². The standard InChI is InChI=1S/C19H14ClN5O7S2/c20-17-23-18(21-11-4-2-1-3-5-11)25-19(24-17)22-14-8-12(33(27,28)29)6-10-7-13(34(30,31)32)9-15(26)16(10)14/h1-9,26H,(H,27,28,29)(H,30,31,32)(H2,21,22,23,24,25). The van der Waals surface area contributed by atoms with Crippen molar-refractivity contribution in [2.75, 3.05) is 10.6 Å². The van der Waals surface area contributed by atoms with Gasteiger partial charge in [0.2, 0.25) is 17.2 Å². The van der Waals surface area contributed by atoms with Crippen molar-refractivity contribution in [3.63, 3.8) is 0 Å². The van der Waals surface area contributed by atoms with E-state index in [1.807, 2.05) is 6.07 Å². The van der Waals surface area contributed by atoms with E-state index in [1.165, 1.54) is 0 Å². The molecule has 4 rings (SSSR count). The predicted molar refractivity (Wildman–Crippen MR) is 123 cm³/mol. The molecule has 34 heavy (non-hydrogen) atoms. The quantitative estimate of drug-likeness (QED) is 0.232. The average Bonchev–Trinajstić information content (AvgIpc) is 2.72. The Morgan fingerprint density at radius 1 is 0.765 bits per heavy atom. The maximum atomic E-state index is 11.8. The number of aromatic hydroxyl groups is 1. The number of nitrogens with zero attached hydrogens (tertiary/aromatic N) is 3. The van der Waals surface area contributed by atoms with Gasteiger partial charge in [-0.25, -0.2) is 0 Å². The number of aromatic nitrogens is 3. The second kappa shape index (κ2) is 8.66. The number of hydrogen-bond acceptors (Lipinski definition) is 10. The van der Waals surface area contributed by atoms with Gasteiger partial charge in [0, 0.05) is 17.1 Å². The molecule has 1 aromatic heterocycles. The Morgan fingerprint density at radius 3 is 1.91 bits per heavy atom. The van der Waals surface area contributed by atoms with E-state index in [0.717, 1.165) is 24.3 Å². The van der Waals surface area contributed by atoms with Crippen molar-refractivity contribution >= 4 is 65.9 Å². The van der Waals surface area contributed by atoms with Gasteiger partial charge in [0.05, 0.1) is 15.5 Å². The molecule has 176 valence electrons. The van der Waals surface area contributed by atoms with Gasteiger partial charge < -0.3 is 15.7 Å². The smallest absolute Gasteiger partial charge is 0.294 e. The molecule has 0 saturated carbocycles. The van der Waals surface area contributed by atoms with Gasteiger partial charge in [-0.15, -0.1) is 0 Å². The van der Waals surface area contributed by atoms with Crippen LogP contribution in [0.5, 0.6) is 5.75 Å². The Hall–Kier alpha value is -3.56. The molecule has 0 aliphatic heterocycles. The number of phenolic OH excluding ortho intramolecular Hbond substituents is 1. The lowest BCUT2D eigenvalue weighted by molar-refractivity contribution is 0.471. The highest BCUT2D eigenvalue weighted by atomic mass is 35.5. The van der Waals surface area contributed by atoms with Crippen molar-refractivity contribution in [1.82, 2.24) is 15.0 Å². The third-order valence-electron chi connectivity index (χ3n) is 4.46. The number of rotatable bonds is 6. The van der Waals surface area contributed by atoms with Crippen LogP contribution in [0.3, 0.4) is 0 Å². The van der Waals surface area contributed by atoms with Crippen LogP contribution in [0, 0.1) is 0 Å². The molecule has 0 aliphatic rings. The third kappa shape index (κ3) is 5.16. The van der Waals surface area contributed by atoms with E-state index < -0.39 is 35.8 Å². The maximum Gasteiger partial charge on any atom is 0.294 e. The lowest BCUT2D eigenvalue weighted by Gasteiger charge is -2.14. The Labute approximate surface area is 197 Å². The summed E-state index contributed by atoms with van der Waals surface area (Å²) in [6.07, 6.45) is 0. The summed E-state index contributed by atoms with van der Waals surface area (Å²) in [6, 6.07) is 12.5. The van der Waals surface area contributed by atoms with Gasteiger partial charge in [-0.05, 0) is 47.3 Å². The fourth-order valence-corrected chi connectivity index (χ4v) is 4.31. The summed E-state index contributed by atoms with van der Waals surface area (Å²) < 4.78 is 65.5. The number of phenols is 1. The molecule has 0 fully saturated rings. The van der Waals surface area contributed by atoms with Gasteiger partial charge in [-0.2, -0.15) is 31.8 Å². The summed E-state index contributed by atoms with van der Waals surface area (Å²) in [6.45, 7) is 0. The van der Waals surface area contributed by atoms with E-state index in [0.29, 0.717) is 5.69 Å². The van der Waals surface area contributed by atoms with Crippen LogP contribution in [0.2, 0.25) is 5.28 Å². The molecule has 0 unspecified atom stereocenters. The summed E-state index contributed by atoms with van der Waals surface area (Å²) in [5.74, 6) is -0.732. The summed E-state index contributed by atoms with van der Waals surface area (Å²) in [5.41, 5.74) is 0.530. The van der Waals surface area contributed by atoms with Gasteiger partial charge in [0.15, 0.2) is 0 Å². The Kier molecular flexibility index (Phi) is 6.01. The summed E-state index contributed by atoms with van der Waals surface area (Å²) in [4.78, 5) is 10.7. The van der Waals surface area contributed by atoms with Crippen LogP contribution in [0.4, 0.5) is 23.3 Å². The Morgan fingerprint density at radius 2 is 1.32 bits per heavy atom. The van der Waals surface area contributed by atoms with Crippen LogP contribution in [-0.2, 0) is 20.2 Å². The highest BCUT2D eigenvalue weighted by Crippen LogP contribution is 2.37. The van der Waals surface area contributed by atoms with Gasteiger partial charge in [0.1, 0.15) is 5.75 Å². The SMILES string of the molecule is O=S(=O)(O)c1cc(O)c2c(Nc3nc(Cl)nc(Nc4ccccc4)n3)cc(S(=O)(=O)O)cc2c1. The molecule has 0 atom stereocenters. The fourth-order valence-electron chi connectivity index (χ4n) is 3.07. The maximum absolute atomic E-state index is 11.8. The molecule has 1 heterocycles. The van der Waals surface area contributed by atoms with Crippen LogP contribution in [0.25, 0.3) is 10.8 Å². The first-order valence-corrected chi connectivity index (χ1v) is 12.4. The summed E-state index contributed by atoms with van der Waals surface area (Å²) in [5, 5.41) is 15.7. The topological polar surface area (TPSA) is 192 Å². The monoisotopic (exact) mass is 523 g/mol. The zero-order valence-electron chi connectivity index (χ0n) is 16.7. The first kappa shape index (κ1) is 23.6. The summed E-state index contributed by atoms with van der Waals surface area (Å²) >= 11 is 5.98. The van der Waals surface area contributed by atoms with E-state index in [9.17, 15) is 31.0 Å². The lowest BCUT2D eigenvalue weighted by Crippen LogP contribution is -2.06. The fraction of sp³-hybridized carbons (Fsp3) is 0. The number of anilines is 4. The predicted octanol–water partition coefficient (Wildman–Crippen LogP) is 3.36. The molecule has 5 N–H and O–H groups in total. The Balaban J connectivity index is 1.86. The molecular formula is C19H14ClN5O7S2. The number of halogens is 1. The van der Waals surface area contributed by atoms with Crippen molar-refractivity contribution < 1.29 is 31.0 Å². The third-order valence-corrected chi connectivity index (χ3v) is 6.29. The molecule has 0 aliphatic carbocycles. The number of benzene rings is 3. The molecule has 0 spiro atoms. The normalized spacial score (nSPS) is 12.0. The zero-order chi connectivity index (χ0) is 24.7.